The van der Waals surface area contributed by atoms with Crippen LogP contribution in [0.3, 0.4) is 0 Å². The SMILES string of the molecule is O=[N+]([O-])N=NS. The second kappa shape index (κ2) is 2.58. The second-order valence-corrected chi connectivity index (χ2v) is 0.596. The smallest absolute Gasteiger partial charge is 0.191 e. The predicted octanol–water partition coefficient (Wildman–Crippen LogP) is 0.475. The Labute approximate surface area is 38.7 Å². The Morgan fingerprint density at radius 3 is 2.33 bits per heavy atom. The van der Waals surface area contributed by atoms with Gasteiger partial charge in [0.2, 0.25) is 0 Å². The molecule has 6 heavy (non-hydrogen) atoms. The van der Waals surface area contributed by atoms with Gasteiger partial charge in [0.1, 0.15) is 17.3 Å². The van der Waals surface area contributed by atoms with Gasteiger partial charge in [-0.3, -0.25) is 0 Å². The molecule has 5 nitrogen and oxygen atoms in total. The fourth-order valence-corrected chi connectivity index (χ4v) is 0.0980. The van der Waals surface area contributed by atoms with E-state index in [1.54, 1.807) is 0 Å². The number of hydrogen-bond donors (Lipinski definition) is 1. The summed E-state index contributed by atoms with van der Waals surface area (Å²) in [6.45, 7) is 0. The predicted molar refractivity (Wildman–Crippen MR) is 20.8 cm³/mol. The lowest BCUT2D eigenvalue weighted by atomic mass is 12.6. The van der Waals surface area contributed by atoms with Crippen molar-refractivity contribution in [3.8, 4) is 0 Å². The summed E-state index contributed by atoms with van der Waals surface area (Å²) in [5, 5.41) is 10.5. The highest BCUT2D eigenvalue weighted by Crippen LogP contribution is 1.76. The van der Waals surface area contributed by atoms with Crippen molar-refractivity contribution >= 4 is 12.8 Å². The fourth-order valence-electron chi connectivity index (χ4n) is 0.0327. The molecule has 0 spiro atoms. The van der Waals surface area contributed by atoms with Crippen molar-refractivity contribution in [1.29, 1.82) is 0 Å². The van der Waals surface area contributed by atoms with Crippen LogP contribution in [0, 0.1) is 10.1 Å². The van der Waals surface area contributed by atoms with Crippen LogP contribution in [0.4, 0.5) is 0 Å². The summed E-state index contributed by atoms with van der Waals surface area (Å²) in [5.74, 6) is 0. The zero-order valence-electron chi connectivity index (χ0n) is 2.61. The summed E-state index contributed by atoms with van der Waals surface area (Å²) in [7, 11) is 0. The molecule has 0 amide bonds. The summed E-state index contributed by atoms with van der Waals surface area (Å²) >= 11 is 3.08. The molecule has 0 saturated carbocycles. The molecule has 6 heteroatoms. The van der Waals surface area contributed by atoms with Crippen LogP contribution >= 0.6 is 12.8 Å². The van der Waals surface area contributed by atoms with Crippen LogP contribution in [0.15, 0.2) is 9.74 Å². The first-order valence-corrected chi connectivity index (χ1v) is 1.37. The van der Waals surface area contributed by atoms with Gasteiger partial charge in [0.15, 0.2) is 5.22 Å². The van der Waals surface area contributed by atoms with Crippen LogP contribution in [0.5, 0.6) is 0 Å². The molecule has 34 valence electrons. The molecule has 0 aliphatic rings. The Balaban J connectivity index is 3.30. The molecular formula is HN3O2S. The van der Waals surface area contributed by atoms with Crippen molar-refractivity contribution in [3.05, 3.63) is 10.1 Å². The summed E-state index contributed by atoms with van der Waals surface area (Å²) < 4.78 is 2.56. The van der Waals surface area contributed by atoms with E-state index >= 15 is 0 Å². The summed E-state index contributed by atoms with van der Waals surface area (Å²) in [4.78, 5) is 9.10. The number of rotatable bonds is 1. The standard InChI is InChI=1S/HN3O2S/c4-3(5)1-2-6/h(H,1,6). The molecule has 0 atom stereocenters. The van der Waals surface area contributed by atoms with Crippen molar-refractivity contribution in [3.63, 3.8) is 0 Å². The third-order valence-electron chi connectivity index (χ3n) is 0.113. The molecule has 0 saturated heterocycles. The first-order chi connectivity index (χ1) is 2.77. The molecule has 0 fully saturated rings. The van der Waals surface area contributed by atoms with Crippen molar-refractivity contribution in [2.24, 2.45) is 9.74 Å². The molecule has 0 unspecified atom stereocenters. The first-order valence-electron chi connectivity index (χ1n) is 0.965. The minimum Gasteiger partial charge on any atom is -0.337 e. The van der Waals surface area contributed by atoms with Gasteiger partial charge < -0.3 is 10.1 Å². The Kier molecular flexibility index (Phi) is 2.30. The van der Waals surface area contributed by atoms with Crippen LogP contribution in [0.25, 0.3) is 0 Å². The van der Waals surface area contributed by atoms with Gasteiger partial charge in [0.05, 0.1) is 5.03 Å². The average Bonchev–Trinajstić information content (AvgIpc) is 1.35. The molecule has 0 aromatic carbocycles. The third kappa shape index (κ3) is 3.35. The highest BCUT2D eigenvalue weighted by atomic mass is 32.1. The largest absolute Gasteiger partial charge is 0.337 e. The monoisotopic (exact) mass is 107 g/mol. The second-order valence-electron chi connectivity index (χ2n) is 0.417. The maximum Gasteiger partial charge on any atom is 0.191 e. The van der Waals surface area contributed by atoms with Crippen LogP contribution in [0.1, 0.15) is 0 Å². The summed E-state index contributed by atoms with van der Waals surface area (Å²) in [6.07, 6.45) is 0. The maximum atomic E-state index is 9.10. The highest BCUT2D eigenvalue weighted by molar-refractivity contribution is 7.78. The van der Waals surface area contributed by atoms with Crippen LogP contribution in [-0.4, -0.2) is 5.03 Å². The maximum absolute atomic E-state index is 9.10. The molecule has 0 aromatic heterocycles. The van der Waals surface area contributed by atoms with E-state index in [9.17, 15) is 0 Å². The summed E-state index contributed by atoms with van der Waals surface area (Å²) in [6, 6.07) is 0. The molecule has 0 aromatic rings. The minimum atomic E-state index is -0.938. The fraction of sp³-hybridized carbons (Fsp3) is 0. The number of nitrogens with zero attached hydrogens (tertiary/aromatic N) is 3. The van der Waals surface area contributed by atoms with Gasteiger partial charge in [-0.1, -0.05) is 0 Å². The van der Waals surface area contributed by atoms with E-state index in [0.717, 1.165) is 0 Å². The molecule has 0 bridgehead atoms. The van der Waals surface area contributed by atoms with Gasteiger partial charge >= 0.3 is 0 Å². The number of nitro groups is 1. The van der Waals surface area contributed by atoms with Gasteiger partial charge in [-0.05, 0) is 0 Å². The average molecular weight is 107 g/mol. The van der Waals surface area contributed by atoms with E-state index in [2.05, 4.69) is 22.6 Å². The molecule has 0 aliphatic carbocycles. The quantitative estimate of drug-likeness (QED) is 0.229. The molecule has 0 heterocycles. The van der Waals surface area contributed by atoms with Gasteiger partial charge in [0, 0.05) is 0 Å². The highest BCUT2D eigenvalue weighted by Gasteiger charge is 1.75. The lowest BCUT2D eigenvalue weighted by molar-refractivity contribution is -0.492. The van der Waals surface area contributed by atoms with Gasteiger partial charge in [-0.25, -0.2) is 0 Å². The third-order valence-corrected chi connectivity index (χ3v) is 0.193. The van der Waals surface area contributed by atoms with E-state index < -0.39 is 5.03 Å². The van der Waals surface area contributed by atoms with E-state index in [4.69, 9.17) is 10.1 Å². The van der Waals surface area contributed by atoms with E-state index in [1.807, 2.05) is 0 Å². The Morgan fingerprint density at radius 2 is 2.33 bits per heavy atom. The Hall–Kier alpha value is -0.650. The van der Waals surface area contributed by atoms with E-state index in [1.165, 1.54) is 0 Å². The molecule has 0 rings (SSSR count). The lowest BCUT2D eigenvalue weighted by Gasteiger charge is -1.69. The van der Waals surface area contributed by atoms with Crippen molar-refractivity contribution < 1.29 is 5.03 Å². The van der Waals surface area contributed by atoms with Crippen molar-refractivity contribution in [2.75, 3.05) is 0 Å². The molecule has 0 N–H and O–H groups in total. The van der Waals surface area contributed by atoms with Gasteiger partial charge in [-0.2, -0.15) is 0 Å². The zero-order chi connectivity index (χ0) is 4.99. The first kappa shape index (κ1) is 5.35. The molecular weight excluding hydrogens is 106 g/mol. The van der Waals surface area contributed by atoms with Gasteiger partial charge in [0.25, 0.3) is 0 Å². The van der Waals surface area contributed by atoms with Crippen molar-refractivity contribution in [1.82, 2.24) is 0 Å². The minimum absolute atomic E-state index is 0.938. The summed E-state index contributed by atoms with van der Waals surface area (Å²) in [5.41, 5.74) is 0. The van der Waals surface area contributed by atoms with E-state index in [-0.39, 0.29) is 0 Å². The molecule has 0 aliphatic heterocycles. The number of hydrogen-bond acceptors (Lipinski definition) is 3. The molecule has 0 radical (unpaired) electrons. The zero-order valence-corrected chi connectivity index (χ0v) is 3.50. The number of thiol groups is 1. The van der Waals surface area contributed by atoms with Crippen molar-refractivity contribution in [2.45, 2.75) is 0 Å². The Morgan fingerprint density at radius 1 is 1.83 bits per heavy atom. The topological polar surface area (TPSA) is 67.9 Å². The Bertz CT molecular complexity index is 76.9. The van der Waals surface area contributed by atoms with Gasteiger partial charge in [-0.15, -0.1) is 0 Å². The van der Waals surface area contributed by atoms with E-state index in [0.29, 0.717) is 0 Å². The normalized spacial score (nSPS) is 9.50. The van der Waals surface area contributed by atoms with Crippen LogP contribution in [0.2, 0.25) is 0 Å². The lowest BCUT2D eigenvalue weighted by Crippen LogP contribution is -1.78. The van der Waals surface area contributed by atoms with Crippen LogP contribution < -0.4 is 0 Å². The van der Waals surface area contributed by atoms with Crippen LogP contribution in [-0.2, 0) is 0 Å².